The molecule has 0 atom stereocenters. The van der Waals surface area contributed by atoms with Crippen molar-refractivity contribution in [3.63, 3.8) is 0 Å². The number of hydrogen-bond acceptors (Lipinski definition) is 2. The van der Waals surface area contributed by atoms with Gasteiger partial charge in [-0.05, 0) is 0 Å². The third kappa shape index (κ3) is 16.3. The number of hydrogen-bond donors (Lipinski definition) is 0. The van der Waals surface area contributed by atoms with E-state index in [2.05, 4.69) is 10.2 Å². The first-order valence-corrected chi connectivity index (χ1v) is 3.02. The molecule has 12 heavy (non-hydrogen) atoms. The average molecular weight is 215 g/mol. The predicted molar refractivity (Wildman–Crippen MR) is 58.9 cm³/mol. The van der Waals surface area contributed by atoms with E-state index in [1.807, 2.05) is 38.0 Å². The first-order valence-electron chi connectivity index (χ1n) is 3.02. The quantitative estimate of drug-likeness (QED) is 0.398. The van der Waals surface area contributed by atoms with Crippen molar-refractivity contribution in [2.24, 2.45) is 10.2 Å². The molecule has 0 aliphatic carbocycles. The van der Waals surface area contributed by atoms with E-state index in [0.717, 1.165) is 0 Å². The van der Waals surface area contributed by atoms with Crippen LogP contribution in [0.25, 0.3) is 0 Å². The summed E-state index contributed by atoms with van der Waals surface area (Å²) in [7, 11) is 7.59. The highest BCUT2D eigenvalue weighted by Crippen LogP contribution is 1.71. The Balaban J connectivity index is -0.000000405. The lowest BCUT2D eigenvalue weighted by atomic mass is 10.9. The van der Waals surface area contributed by atoms with Gasteiger partial charge < -0.3 is 9.80 Å². The third-order valence-electron chi connectivity index (χ3n) is 0.632. The molecule has 0 radical (unpaired) electrons. The molecule has 0 aliphatic rings. The van der Waals surface area contributed by atoms with Crippen LogP contribution in [-0.4, -0.2) is 50.7 Å². The van der Waals surface area contributed by atoms with Crippen molar-refractivity contribution in [1.29, 1.82) is 0 Å². The van der Waals surface area contributed by atoms with Crippen LogP contribution >= 0.6 is 24.8 Å². The van der Waals surface area contributed by atoms with Gasteiger partial charge in [-0.1, -0.05) is 0 Å². The second kappa shape index (κ2) is 10.5. The van der Waals surface area contributed by atoms with Crippen molar-refractivity contribution in [2.45, 2.75) is 0 Å². The highest BCUT2D eigenvalue weighted by Gasteiger charge is 1.74. The first-order chi connectivity index (χ1) is 4.63. The molecule has 0 aromatic rings. The van der Waals surface area contributed by atoms with Gasteiger partial charge >= 0.3 is 0 Å². The van der Waals surface area contributed by atoms with Gasteiger partial charge in [-0.2, -0.15) is 0 Å². The maximum Gasteiger partial charge on any atom is 0.113 e. The molecule has 0 aliphatic heterocycles. The van der Waals surface area contributed by atoms with E-state index in [4.69, 9.17) is 0 Å². The molecule has 0 heterocycles. The van der Waals surface area contributed by atoms with E-state index in [1.165, 1.54) is 0 Å². The van der Waals surface area contributed by atoms with Gasteiger partial charge in [0.2, 0.25) is 0 Å². The fourth-order valence-corrected chi connectivity index (χ4v) is 0.266. The second-order valence-electron chi connectivity index (χ2n) is 2.39. The average Bonchev–Trinajstić information content (AvgIpc) is 1.79. The molecule has 0 saturated carbocycles. The summed E-state index contributed by atoms with van der Waals surface area (Å²) in [6.07, 6.45) is 3.28. The summed E-state index contributed by atoms with van der Waals surface area (Å²) >= 11 is 0. The molecule has 0 amide bonds. The summed E-state index contributed by atoms with van der Waals surface area (Å²) < 4.78 is 0. The van der Waals surface area contributed by atoms with Gasteiger partial charge in [0.05, 0.1) is 0 Å². The largest absolute Gasteiger partial charge is 0.367 e. The second-order valence-corrected chi connectivity index (χ2v) is 2.39. The zero-order chi connectivity index (χ0) is 7.98. The lowest BCUT2D eigenvalue weighted by Gasteiger charge is -2.01. The molecule has 0 aromatic carbocycles. The highest BCUT2D eigenvalue weighted by atomic mass is 35.5. The van der Waals surface area contributed by atoms with Crippen LogP contribution in [0.15, 0.2) is 10.2 Å². The number of halogens is 2. The topological polar surface area (TPSA) is 31.2 Å². The van der Waals surface area contributed by atoms with E-state index < -0.39 is 0 Å². The molecule has 0 N–H and O–H groups in total. The Morgan fingerprint density at radius 1 is 0.750 bits per heavy atom. The predicted octanol–water partition coefficient (Wildman–Crippen LogP) is 0.925. The minimum Gasteiger partial charge on any atom is -0.367 e. The summed E-state index contributed by atoms with van der Waals surface area (Å²) in [5.74, 6) is 0. The van der Waals surface area contributed by atoms with Gasteiger partial charge in [0.25, 0.3) is 0 Å². The third-order valence-corrected chi connectivity index (χ3v) is 0.632. The van der Waals surface area contributed by atoms with Crippen LogP contribution < -0.4 is 0 Å². The van der Waals surface area contributed by atoms with Crippen molar-refractivity contribution in [3.05, 3.63) is 0 Å². The standard InChI is InChI=1S/C6H14N4.2ClH/c1-9(2)5-7-8-6-10(3)4;;/h5-6H,1-4H3;2*1H/b7-5+,8-6?;;. The fourth-order valence-electron chi connectivity index (χ4n) is 0.266. The van der Waals surface area contributed by atoms with Crippen molar-refractivity contribution in [3.8, 4) is 0 Å². The van der Waals surface area contributed by atoms with Crippen LogP contribution in [0.4, 0.5) is 0 Å². The monoisotopic (exact) mass is 214 g/mol. The summed E-state index contributed by atoms with van der Waals surface area (Å²) in [4.78, 5) is 3.65. The van der Waals surface area contributed by atoms with Crippen LogP contribution in [0.2, 0.25) is 0 Å². The fraction of sp³-hybridized carbons (Fsp3) is 0.667. The molecule has 74 valence electrons. The molecule has 0 spiro atoms. The smallest absolute Gasteiger partial charge is 0.113 e. The lowest BCUT2D eigenvalue weighted by Crippen LogP contribution is -2.09. The van der Waals surface area contributed by atoms with Crippen molar-refractivity contribution in [1.82, 2.24) is 9.80 Å². The molecule has 0 saturated heterocycles. The first kappa shape index (κ1) is 17.6. The van der Waals surface area contributed by atoms with Crippen LogP contribution in [0.5, 0.6) is 0 Å². The zero-order valence-electron chi connectivity index (χ0n) is 7.76. The van der Waals surface area contributed by atoms with Gasteiger partial charge in [-0.25, -0.2) is 0 Å². The Kier molecular flexibility index (Phi) is 15.4. The molecular formula is C6H16Cl2N4. The van der Waals surface area contributed by atoms with Gasteiger partial charge in [0.1, 0.15) is 12.7 Å². The van der Waals surface area contributed by atoms with Crippen LogP contribution in [0.3, 0.4) is 0 Å². The Labute approximate surface area is 86.2 Å². The highest BCUT2D eigenvalue weighted by molar-refractivity contribution is 5.85. The Bertz CT molecular complexity index is 118. The zero-order valence-corrected chi connectivity index (χ0v) is 9.39. The van der Waals surface area contributed by atoms with Crippen molar-refractivity contribution in [2.75, 3.05) is 28.2 Å². The molecule has 0 bridgehead atoms. The SMILES string of the molecule is CN(C)C=N/N=C/N(C)C.Cl.Cl. The maximum absolute atomic E-state index is 3.74. The van der Waals surface area contributed by atoms with E-state index in [9.17, 15) is 0 Å². The number of nitrogens with zero attached hydrogens (tertiary/aromatic N) is 4. The van der Waals surface area contributed by atoms with Crippen molar-refractivity contribution < 1.29 is 0 Å². The maximum atomic E-state index is 3.74. The van der Waals surface area contributed by atoms with E-state index >= 15 is 0 Å². The minimum atomic E-state index is 0. The Morgan fingerprint density at radius 3 is 1.17 bits per heavy atom. The van der Waals surface area contributed by atoms with Crippen LogP contribution in [0, 0.1) is 0 Å². The normalized spacial score (nSPS) is 9.33. The van der Waals surface area contributed by atoms with Gasteiger partial charge in [-0.3, -0.25) is 0 Å². The van der Waals surface area contributed by atoms with Gasteiger partial charge in [0, 0.05) is 28.2 Å². The number of rotatable bonds is 3. The summed E-state index contributed by atoms with van der Waals surface area (Å²) in [5.41, 5.74) is 0. The van der Waals surface area contributed by atoms with E-state index in [-0.39, 0.29) is 24.8 Å². The van der Waals surface area contributed by atoms with E-state index in [0.29, 0.717) is 0 Å². The molecule has 0 aromatic heterocycles. The van der Waals surface area contributed by atoms with Crippen LogP contribution in [-0.2, 0) is 0 Å². The Morgan fingerprint density at radius 2 is 1.00 bits per heavy atom. The molecule has 0 rings (SSSR count). The lowest BCUT2D eigenvalue weighted by molar-refractivity contribution is 0.631. The molecule has 4 nitrogen and oxygen atoms in total. The van der Waals surface area contributed by atoms with Crippen LogP contribution in [0.1, 0.15) is 0 Å². The van der Waals surface area contributed by atoms with Gasteiger partial charge in [-0.15, -0.1) is 35.0 Å². The molecular weight excluding hydrogens is 199 g/mol. The van der Waals surface area contributed by atoms with Gasteiger partial charge in [0.15, 0.2) is 0 Å². The molecule has 0 unspecified atom stereocenters. The minimum absolute atomic E-state index is 0. The summed E-state index contributed by atoms with van der Waals surface area (Å²) in [6, 6.07) is 0. The van der Waals surface area contributed by atoms with Crippen molar-refractivity contribution >= 4 is 37.5 Å². The summed E-state index contributed by atoms with van der Waals surface area (Å²) in [6.45, 7) is 0. The summed E-state index contributed by atoms with van der Waals surface area (Å²) in [5, 5.41) is 7.48. The van der Waals surface area contributed by atoms with E-state index in [1.54, 1.807) is 12.7 Å². The Hall–Kier alpha value is -0.480. The molecule has 6 heteroatoms. The molecule has 0 fully saturated rings.